The van der Waals surface area contributed by atoms with E-state index in [1.807, 2.05) is 0 Å². The minimum Gasteiger partial charge on any atom is -0.382 e. The van der Waals surface area contributed by atoms with Gasteiger partial charge in [0.05, 0.1) is 17.2 Å². The summed E-state index contributed by atoms with van der Waals surface area (Å²) in [5.41, 5.74) is -0.652. The van der Waals surface area contributed by atoms with Crippen LogP contribution < -0.4 is 5.32 Å². The van der Waals surface area contributed by atoms with Crippen molar-refractivity contribution in [3.63, 3.8) is 0 Å². The number of nitrogens with one attached hydrogen (secondary N) is 1. The van der Waals surface area contributed by atoms with E-state index in [4.69, 9.17) is 5.26 Å². The molecule has 0 spiro atoms. The van der Waals surface area contributed by atoms with Crippen LogP contribution in [0, 0.1) is 11.3 Å². The molecule has 0 saturated heterocycles. The van der Waals surface area contributed by atoms with Gasteiger partial charge in [-0.2, -0.15) is 18.4 Å². The monoisotopic (exact) mass is 254 g/mol. The number of rotatable bonds is 2. The first-order chi connectivity index (χ1) is 8.50. The second-order valence-corrected chi connectivity index (χ2v) is 4.50. The fraction of sp³-hybridized carbons (Fsp3) is 0.462. The maximum atomic E-state index is 12.9. The Labute approximate surface area is 103 Å². The zero-order valence-electron chi connectivity index (χ0n) is 9.72. The Bertz CT molecular complexity index is 468. The molecule has 2 rings (SSSR count). The number of alkyl halides is 3. The standard InChI is InChI=1S/C13H13F3N2/c14-13(15,16)11-7-9(8-17)5-6-12(11)18-10-3-1-2-4-10/h5-7,10,18H,1-4H2. The van der Waals surface area contributed by atoms with Crippen molar-refractivity contribution in [2.45, 2.75) is 37.9 Å². The highest BCUT2D eigenvalue weighted by molar-refractivity contribution is 5.56. The highest BCUT2D eigenvalue weighted by Gasteiger charge is 2.34. The third-order valence-corrected chi connectivity index (χ3v) is 3.17. The minimum atomic E-state index is -4.44. The lowest BCUT2D eigenvalue weighted by molar-refractivity contribution is -0.137. The van der Waals surface area contributed by atoms with Gasteiger partial charge in [-0.25, -0.2) is 0 Å². The van der Waals surface area contributed by atoms with E-state index in [-0.39, 0.29) is 17.3 Å². The van der Waals surface area contributed by atoms with Crippen LogP contribution in [0.5, 0.6) is 0 Å². The largest absolute Gasteiger partial charge is 0.418 e. The predicted molar refractivity (Wildman–Crippen MR) is 62.0 cm³/mol. The van der Waals surface area contributed by atoms with Crippen molar-refractivity contribution in [1.29, 1.82) is 5.26 Å². The zero-order chi connectivity index (χ0) is 13.2. The molecular formula is C13H13F3N2. The van der Waals surface area contributed by atoms with E-state index in [9.17, 15) is 13.2 Å². The molecule has 1 aromatic rings. The summed E-state index contributed by atoms with van der Waals surface area (Å²) in [6.07, 6.45) is -0.535. The predicted octanol–water partition coefficient (Wildman–Crippen LogP) is 3.93. The van der Waals surface area contributed by atoms with Gasteiger partial charge in [-0.05, 0) is 31.0 Å². The van der Waals surface area contributed by atoms with Crippen molar-refractivity contribution in [3.8, 4) is 6.07 Å². The molecule has 1 fully saturated rings. The highest BCUT2D eigenvalue weighted by atomic mass is 19.4. The quantitative estimate of drug-likeness (QED) is 0.867. The molecule has 1 aromatic carbocycles. The van der Waals surface area contributed by atoms with Crippen molar-refractivity contribution in [2.24, 2.45) is 0 Å². The summed E-state index contributed by atoms with van der Waals surface area (Å²) < 4.78 is 38.7. The van der Waals surface area contributed by atoms with Gasteiger partial charge in [-0.3, -0.25) is 0 Å². The molecule has 1 aliphatic rings. The number of benzene rings is 1. The smallest absolute Gasteiger partial charge is 0.382 e. The summed E-state index contributed by atoms with van der Waals surface area (Å²) in [4.78, 5) is 0. The van der Waals surface area contributed by atoms with Crippen LogP contribution in [0.4, 0.5) is 18.9 Å². The summed E-state index contributed by atoms with van der Waals surface area (Å²) in [7, 11) is 0. The average Bonchev–Trinajstić information content (AvgIpc) is 2.81. The van der Waals surface area contributed by atoms with E-state index in [1.165, 1.54) is 12.1 Å². The Hall–Kier alpha value is -1.70. The van der Waals surface area contributed by atoms with Crippen LogP contribution in [0.1, 0.15) is 36.8 Å². The van der Waals surface area contributed by atoms with Gasteiger partial charge < -0.3 is 5.32 Å². The van der Waals surface area contributed by atoms with Crippen molar-refractivity contribution in [3.05, 3.63) is 29.3 Å². The molecule has 0 bridgehead atoms. The first kappa shape index (κ1) is 12.7. The van der Waals surface area contributed by atoms with E-state index < -0.39 is 11.7 Å². The molecule has 18 heavy (non-hydrogen) atoms. The molecule has 0 aromatic heterocycles. The zero-order valence-corrected chi connectivity index (χ0v) is 9.72. The van der Waals surface area contributed by atoms with Crippen LogP contribution in [-0.4, -0.2) is 6.04 Å². The van der Waals surface area contributed by atoms with Crippen LogP contribution in [-0.2, 0) is 6.18 Å². The molecule has 1 saturated carbocycles. The summed E-state index contributed by atoms with van der Waals surface area (Å²) in [6.45, 7) is 0. The summed E-state index contributed by atoms with van der Waals surface area (Å²) in [6, 6.07) is 5.50. The van der Waals surface area contributed by atoms with E-state index in [1.54, 1.807) is 6.07 Å². The molecule has 0 heterocycles. The highest BCUT2D eigenvalue weighted by Crippen LogP contribution is 2.36. The van der Waals surface area contributed by atoms with Crippen molar-refractivity contribution in [2.75, 3.05) is 5.32 Å². The summed E-state index contributed by atoms with van der Waals surface area (Å²) in [5.74, 6) is 0. The maximum Gasteiger partial charge on any atom is 0.418 e. The number of hydrogen-bond acceptors (Lipinski definition) is 2. The Kier molecular flexibility index (Phi) is 3.46. The van der Waals surface area contributed by atoms with E-state index in [2.05, 4.69) is 5.32 Å². The number of nitriles is 1. The van der Waals surface area contributed by atoms with Crippen LogP contribution >= 0.6 is 0 Å². The molecule has 0 unspecified atom stereocenters. The molecule has 2 nitrogen and oxygen atoms in total. The van der Waals surface area contributed by atoms with Gasteiger partial charge in [0.2, 0.25) is 0 Å². The molecule has 0 atom stereocenters. The third kappa shape index (κ3) is 2.76. The molecule has 96 valence electrons. The third-order valence-electron chi connectivity index (χ3n) is 3.17. The molecule has 0 amide bonds. The molecule has 5 heteroatoms. The van der Waals surface area contributed by atoms with Gasteiger partial charge in [0, 0.05) is 11.7 Å². The van der Waals surface area contributed by atoms with Crippen molar-refractivity contribution < 1.29 is 13.2 Å². The van der Waals surface area contributed by atoms with Crippen LogP contribution in [0.15, 0.2) is 18.2 Å². The molecular weight excluding hydrogens is 241 g/mol. The molecule has 1 N–H and O–H groups in total. The maximum absolute atomic E-state index is 12.9. The SMILES string of the molecule is N#Cc1ccc(NC2CCCC2)c(C(F)(F)F)c1. The summed E-state index contributed by atoms with van der Waals surface area (Å²) in [5, 5.41) is 11.6. The number of halogens is 3. The Morgan fingerprint density at radius 3 is 2.44 bits per heavy atom. The van der Waals surface area contributed by atoms with Gasteiger partial charge in [-0.15, -0.1) is 0 Å². The van der Waals surface area contributed by atoms with Gasteiger partial charge >= 0.3 is 6.18 Å². The van der Waals surface area contributed by atoms with Gasteiger partial charge in [0.25, 0.3) is 0 Å². The van der Waals surface area contributed by atoms with Crippen LogP contribution in [0.2, 0.25) is 0 Å². The molecule has 0 radical (unpaired) electrons. The number of nitrogens with zero attached hydrogens (tertiary/aromatic N) is 1. The fourth-order valence-corrected chi connectivity index (χ4v) is 2.26. The molecule has 1 aliphatic carbocycles. The van der Waals surface area contributed by atoms with Gasteiger partial charge in [-0.1, -0.05) is 12.8 Å². The number of hydrogen-bond donors (Lipinski definition) is 1. The lowest BCUT2D eigenvalue weighted by atomic mass is 10.1. The van der Waals surface area contributed by atoms with E-state index >= 15 is 0 Å². The first-order valence-electron chi connectivity index (χ1n) is 5.88. The first-order valence-corrected chi connectivity index (χ1v) is 5.88. The summed E-state index contributed by atoms with van der Waals surface area (Å²) >= 11 is 0. The fourth-order valence-electron chi connectivity index (χ4n) is 2.26. The molecule has 0 aliphatic heterocycles. The lowest BCUT2D eigenvalue weighted by Gasteiger charge is -2.18. The van der Waals surface area contributed by atoms with E-state index in [0.29, 0.717) is 0 Å². The normalized spacial score (nSPS) is 16.6. The lowest BCUT2D eigenvalue weighted by Crippen LogP contribution is -2.18. The minimum absolute atomic E-state index is 0.0271. The van der Waals surface area contributed by atoms with Crippen LogP contribution in [0.25, 0.3) is 0 Å². The Morgan fingerprint density at radius 2 is 1.89 bits per heavy atom. The number of anilines is 1. The second-order valence-electron chi connectivity index (χ2n) is 4.50. The van der Waals surface area contributed by atoms with E-state index in [0.717, 1.165) is 31.7 Å². The Balaban J connectivity index is 2.30. The van der Waals surface area contributed by atoms with Gasteiger partial charge in [0.15, 0.2) is 0 Å². The van der Waals surface area contributed by atoms with Gasteiger partial charge in [0.1, 0.15) is 0 Å². The second kappa shape index (κ2) is 4.89. The van der Waals surface area contributed by atoms with Crippen LogP contribution in [0.3, 0.4) is 0 Å². The Morgan fingerprint density at radius 1 is 1.22 bits per heavy atom. The van der Waals surface area contributed by atoms with Crippen molar-refractivity contribution >= 4 is 5.69 Å². The topological polar surface area (TPSA) is 35.8 Å². The van der Waals surface area contributed by atoms with Crippen molar-refractivity contribution in [1.82, 2.24) is 0 Å². The average molecular weight is 254 g/mol.